The predicted molar refractivity (Wildman–Crippen MR) is 116 cm³/mol. The van der Waals surface area contributed by atoms with E-state index in [0.717, 1.165) is 29.7 Å². The fourth-order valence-electron chi connectivity index (χ4n) is 4.97. The lowest BCUT2D eigenvalue weighted by molar-refractivity contribution is 0.0731. The van der Waals surface area contributed by atoms with Crippen molar-refractivity contribution in [2.24, 2.45) is 0 Å². The summed E-state index contributed by atoms with van der Waals surface area (Å²) < 4.78 is 16.3. The summed E-state index contributed by atoms with van der Waals surface area (Å²) >= 11 is 0. The smallest absolute Gasteiger partial charge is 0.407 e. The van der Waals surface area contributed by atoms with Gasteiger partial charge < -0.3 is 15.1 Å². The molecule has 0 unspecified atom stereocenters. The van der Waals surface area contributed by atoms with Crippen molar-refractivity contribution >= 4 is 17.0 Å². The molecule has 1 amide bonds. The van der Waals surface area contributed by atoms with Crippen LogP contribution in [0.15, 0.2) is 18.2 Å². The first-order valence-corrected chi connectivity index (χ1v) is 11.0. The molecule has 2 aromatic heterocycles. The normalized spacial score (nSPS) is 21.7. The van der Waals surface area contributed by atoms with E-state index in [9.17, 15) is 19.4 Å². The quantitative estimate of drug-likeness (QED) is 0.645. The molecule has 1 saturated carbocycles. The van der Waals surface area contributed by atoms with Gasteiger partial charge in [0.2, 0.25) is 5.95 Å². The number of aryl methyl sites for hydroxylation is 2. The Morgan fingerprint density at radius 3 is 2.47 bits per heavy atom. The van der Waals surface area contributed by atoms with Crippen LogP contribution in [0, 0.1) is 19.8 Å². The number of piperidine rings is 1. The van der Waals surface area contributed by atoms with Gasteiger partial charge in [-0.15, -0.1) is 5.10 Å². The Morgan fingerprint density at radius 2 is 1.81 bits per heavy atom. The van der Waals surface area contributed by atoms with Crippen LogP contribution in [0.5, 0.6) is 0 Å². The van der Waals surface area contributed by atoms with E-state index >= 15 is 0 Å². The van der Waals surface area contributed by atoms with E-state index in [-0.39, 0.29) is 17.9 Å². The number of hydrogen-bond donors (Lipinski definition) is 2. The van der Waals surface area contributed by atoms with E-state index in [1.807, 2.05) is 25.1 Å². The molecule has 1 saturated heterocycles. The number of fused-ring (bicyclic) bond motifs is 1. The predicted octanol–water partition coefficient (Wildman–Crippen LogP) is 3.67. The maximum atomic E-state index is 14.8. The molecule has 0 atom stereocenters. The Labute approximate surface area is 184 Å². The molecule has 0 bridgehead atoms. The maximum absolute atomic E-state index is 14.8. The van der Waals surface area contributed by atoms with Crippen LogP contribution in [0.25, 0.3) is 16.7 Å². The molecule has 1 aliphatic carbocycles. The van der Waals surface area contributed by atoms with Crippen molar-refractivity contribution in [3.05, 3.63) is 46.8 Å². The highest BCUT2D eigenvalue weighted by atomic mass is 19.1. The lowest BCUT2D eigenvalue weighted by atomic mass is 9.80. The summed E-state index contributed by atoms with van der Waals surface area (Å²) in [5, 5.41) is 23.5. The Bertz CT molecular complexity index is 1200. The number of aliphatic hydroxyl groups excluding tert-OH is 1. The molecule has 8 nitrogen and oxygen atoms in total. The molecule has 2 fully saturated rings. The Hall–Kier alpha value is -3.07. The average Bonchev–Trinajstić information content (AvgIpc) is 3.06. The third-order valence-corrected chi connectivity index (χ3v) is 6.82. The van der Waals surface area contributed by atoms with Gasteiger partial charge in [0.15, 0.2) is 5.82 Å². The molecule has 1 aliphatic heterocycles. The number of halogens is 1. The van der Waals surface area contributed by atoms with Crippen LogP contribution in [-0.4, -0.2) is 60.1 Å². The molecule has 32 heavy (non-hydrogen) atoms. The minimum absolute atomic E-state index is 0.175. The second kappa shape index (κ2) is 7.81. The summed E-state index contributed by atoms with van der Waals surface area (Å²) in [5.74, 6) is 0.928. The van der Waals surface area contributed by atoms with E-state index < -0.39 is 12.0 Å². The molecule has 3 heterocycles. The van der Waals surface area contributed by atoms with Gasteiger partial charge in [0.25, 0.3) is 0 Å². The van der Waals surface area contributed by atoms with E-state index in [0.29, 0.717) is 48.5 Å². The van der Waals surface area contributed by atoms with Crippen molar-refractivity contribution in [2.75, 3.05) is 13.1 Å². The van der Waals surface area contributed by atoms with Crippen LogP contribution in [0.1, 0.15) is 60.2 Å². The van der Waals surface area contributed by atoms with Gasteiger partial charge in [-0.2, -0.15) is 4.39 Å². The molecule has 1 aromatic carbocycles. The van der Waals surface area contributed by atoms with E-state index in [1.54, 1.807) is 6.92 Å². The Balaban J connectivity index is 1.54. The number of rotatable bonds is 3. The molecule has 168 valence electrons. The third-order valence-electron chi connectivity index (χ3n) is 6.82. The number of carboxylic acid groups (broad SMARTS) is 1. The molecule has 2 aliphatic rings. The second-order valence-corrected chi connectivity index (χ2v) is 8.99. The van der Waals surface area contributed by atoms with Crippen LogP contribution in [0.2, 0.25) is 0 Å². The van der Waals surface area contributed by atoms with Gasteiger partial charge in [-0.05, 0) is 68.7 Å². The number of aliphatic hydroxyl groups is 1. The summed E-state index contributed by atoms with van der Waals surface area (Å²) in [6.07, 6.45) is 1.63. The van der Waals surface area contributed by atoms with Gasteiger partial charge in [0.05, 0.1) is 17.0 Å². The average molecular weight is 439 g/mol. The number of hydrogen-bond acceptors (Lipinski definition) is 5. The topological polar surface area (TPSA) is 104 Å². The number of amides is 1. The first-order chi connectivity index (χ1) is 15.3. The van der Waals surface area contributed by atoms with E-state index in [2.05, 4.69) is 15.1 Å². The van der Waals surface area contributed by atoms with Crippen molar-refractivity contribution in [1.29, 1.82) is 0 Å². The maximum Gasteiger partial charge on any atom is 0.407 e. The zero-order chi connectivity index (χ0) is 22.6. The van der Waals surface area contributed by atoms with Crippen LogP contribution in [0.3, 0.4) is 0 Å². The highest BCUT2D eigenvalue weighted by molar-refractivity contribution is 5.82. The Kier molecular flexibility index (Phi) is 5.08. The van der Waals surface area contributed by atoms with Crippen LogP contribution in [-0.2, 0) is 0 Å². The Morgan fingerprint density at radius 1 is 1.09 bits per heavy atom. The van der Waals surface area contributed by atoms with Crippen LogP contribution in [0.4, 0.5) is 9.18 Å². The van der Waals surface area contributed by atoms with Gasteiger partial charge >= 0.3 is 6.09 Å². The van der Waals surface area contributed by atoms with E-state index in [1.165, 1.54) is 9.58 Å². The van der Waals surface area contributed by atoms with Crippen LogP contribution < -0.4 is 0 Å². The lowest BCUT2D eigenvalue weighted by Crippen LogP contribution is -2.36. The zero-order valence-electron chi connectivity index (χ0n) is 18.1. The van der Waals surface area contributed by atoms with Crippen molar-refractivity contribution < 1.29 is 19.4 Å². The molecular weight excluding hydrogens is 413 g/mol. The number of likely N-dealkylation sites (tertiary alicyclic amines) is 1. The highest BCUT2D eigenvalue weighted by Crippen LogP contribution is 2.37. The molecular formula is C23H26FN5O3. The summed E-state index contributed by atoms with van der Waals surface area (Å²) in [6, 6.07) is 5.64. The molecule has 0 spiro atoms. The highest BCUT2D eigenvalue weighted by Gasteiger charge is 2.31. The van der Waals surface area contributed by atoms with Crippen molar-refractivity contribution in [3.8, 4) is 5.82 Å². The first-order valence-electron chi connectivity index (χ1n) is 11.0. The van der Waals surface area contributed by atoms with Crippen LogP contribution >= 0.6 is 0 Å². The fourth-order valence-corrected chi connectivity index (χ4v) is 4.97. The number of benzene rings is 1. The zero-order valence-corrected chi connectivity index (χ0v) is 18.1. The number of nitrogens with zero attached hydrogens (tertiary/aromatic N) is 5. The minimum Gasteiger partial charge on any atom is -0.465 e. The number of aromatic nitrogens is 4. The molecule has 0 radical (unpaired) electrons. The second-order valence-electron chi connectivity index (χ2n) is 8.99. The molecule has 9 heteroatoms. The third kappa shape index (κ3) is 3.60. The lowest BCUT2D eigenvalue weighted by Gasteiger charge is -2.31. The van der Waals surface area contributed by atoms with Gasteiger partial charge in [0, 0.05) is 30.8 Å². The van der Waals surface area contributed by atoms with Gasteiger partial charge in [-0.1, -0.05) is 0 Å². The van der Waals surface area contributed by atoms with Gasteiger partial charge in [-0.25, -0.2) is 19.4 Å². The fraction of sp³-hybridized carbons (Fsp3) is 0.478. The van der Waals surface area contributed by atoms with Gasteiger partial charge in [-0.3, -0.25) is 0 Å². The largest absolute Gasteiger partial charge is 0.465 e. The van der Waals surface area contributed by atoms with Crippen molar-refractivity contribution in [1.82, 2.24) is 24.6 Å². The molecule has 5 rings (SSSR count). The van der Waals surface area contributed by atoms with Crippen molar-refractivity contribution in [2.45, 2.75) is 57.5 Å². The monoisotopic (exact) mass is 439 g/mol. The van der Waals surface area contributed by atoms with E-state index in [4.69, 9.17) is 0 Å². The summed E-state index contributed by atoms with van der Waals surface area (Å²) in [7, 11) is 0. The standard InChI is InChI=1S/C23H26FN5O3/c1-12-7-18-20(10-17(12)14-3-5-28(6-4-14)23(31)32)29(27-22(18)24)21-11-19(25-13(2)26-21)15-8-16(30)9-15/h7,10-11,14-16,30H,3-6,8-9H2,1-2H3,(H,31,32)/t15-,16+. The van der Waals surface area contributed by atoms with Crippen molar-refractivity contribution in [3.63, 3.8) is 0 Å². The van der Waals surface area contributed by atoms with Gasteiger partial charge in [0.1, 0.15) is 5.82 Å². The molecule has 3 aromatic rings. The first kappa shape index (κ1) is 20.8. The summed E-state index contributed by atoms with van der Waals surface area (Å²) in [4.78, 5) is 21.7. The SMILES string of the molecule is Cc1nc(-n2nc(F)c3cc(C)c(C4CCN(C(=O)O)CC4)cc32)cc([C@H]2C[C@@H](O)C2)n1. The minimum atomic E-state index is -0.885. The summed E-state index contributed by atoms with van der Waals surface area (Å²) in [6.45, 7) is 4.75. The molecule has 2 N–H and O–H groups in total. The number of carbonyl (C=O) groups is 1. The summed E-state index contributed by atoms with van der Waals surface area (Å²) in [5.41, 5.74) is 3.56.